The maximum atomic E-state index is 14.3. The number of carbonyl (C=O) groups excluding carboxylic acids is 2. The van der Waals surface area contributed by atoms with E-state index in [1.165, 1.54) is 29.2 Å². The molecule has 0 aliphatic heterocycles. The summed E-state index contributed by atoms with van der Waals surface area (Å²) < 4.78 is 29.1. The molecule has 1 aliphatic carbocycles. The highest BCUT2D eigenvalue weighted by molar-refractivity contribution is 7.92. The topological polar surface area (TPSA) is 86.8 Å². The molecule has 0 spiro atoms. The second-order valence-corrected chi connectivity index (χ2v) is 14.0. The van der Waals surface area contributed by atoms with Crippen LogP contribution in [0.3, 0.4) is 0 Å². The van der Waals surface area contributed by atoms with Crippen molar-refractivity contribution in [2.24, 2.45) is 0 Å². The molecule has 1 N–H and O–H groups in total. The molecular weight excluding hydrogens is 629 g/mol. The van der Waals surface area contributed by atoms with E-state index in [4.69, 9.17) is 34.8 Å². The normalized spacial score (nSPS) is 14.6. The molecule has 2 amide bonds. The summed E-state index contributed by atoms with van der Waals surface area (Å²) in [5.74, 6) is -0.791. The van der Waals surface area contributed by atoms with Gasteiger partial charge in [-0.15, -0.1) is 0 Å². The second kappa shape index (κ2) is 14.8. The van der Waals surface area contributed by atoms with Gasteiger partial charge in [-0.25, -0.2) is 8.42 Å². The van der Waals surface area contributed by atoms with E-state index in [2.05, 4.69) is 5.32 Å². The highest BCUT2D eigenvalue weighted by Gasteiger charge is 2.34. The molecule has 0 saturated heterocycles. The van der Waals surface area contributed by atoms with E-state index >= 15 is 0 Å². The Bertz CT molecular complexity index is 1540. The number of amides is 2. The molecule has 7 nitrogen and oxygen atoms in total. The largest absolute Gasteiger partial charge is 0.352 e. The summed E-state index contributed by atoms with van der Waals surface area (Å²) in [5, 5.41) is 4.21. The van der Waals surface area contributed by atoms with Crippen LogP contribution in [-0.2, 0) is 26.2 Å². The second-order valence-electron chi connectivity index (χ2n) is 10.8. The molecule has 1 fully saturated rings. The first-order valence-electron chi connectivity index (χ1n) is 14.4. The molecule has 0 unspecified atom stereocenters. The number of nitrogens with one attached hydrogen (secondary N) is 1. The van der Waals surface area contributed by atoms with Gasteiger partial charge >= 0.3 is 0 Å². The van der Waals surface area contributed by atoms with Crippen LogP contribution in [0.4, 0.5) is 5.69 Å². The lowest BCUT2D eigenvalue weighted by Gasteiger charge is -2.34. The zero-order chi connectivity index (χ0) is 31.1. The van der Waals surface area contributed by atoms with Gasteiger partial charge in [0.2, 0.25) is 11.8 Å². The third-order valence-corrected chi connectivity index (χ3v) is 10.4. The standard InChI is InChI=1S/C32H36Cl3N3O4S/c1-3-30(32(40)36-25-9-5-4-6-10-25)37(20-23-12-17-28(34)29(35)19-23)31(39)21-38(26-11-7-8-22(2)18-26)43(41,42)27-15-13-24(33)14-16-27/h7-8,11-19,25,30H,3-6,9-10,20-21H2,1-2H3,(H,36,40)/t30-/m0/s1. The van der Waals surface area contributed by atoms with Crippen LogP contribution in [0.5, 0.6) is 0 Å². The van der Waals surface area contributed by atoms with E-state index in [1.807, 2.05) is 19.9 Å². The number of carbonyl (C=O) groups is 2. The van der Waals surface area contributed by atoms with Crippen LogP contribution in [0.2, 0.25) is 15.1 Å². The number of hydrogen-bond donors (Lipinski definition) is 1. The first-order chi connectivity index (χ1) is 20.5. The molecule has 230 valence electrons. The highest BCUT2D eigenvalue weighted by atomic mass is 35.5. The van der Waals surface area contributed by atoms with E-state index < -0.39 is 28.5 Å². The smallest absolute Gasteiger partial charge is 0.264 e. The number of anilines is 1. The van der Waals surface area contributed by atoms with Crippen molar-refractivity contribution in [2.75, 3.05) is 10.8 Å². The number of hydrogen-bond acceptors (Lipinski definition) is 4. The Morgan fingerprint density at radius 1 is 0.930 bits per heavy atom. The Balaban J connectivity index is 1.72. The molecule has 0 bridgehead atoms. The zero-order valence-electron chi connectivity index (χ0n) is 24.2. The first kappa shape index (κ1) is 33.1. The molecule has 0 radical (unpaired) electrons. The monoisotopic (exact) mass is 663 g/mol. The summed E-state index contributed by atoms with van der Waals surface area (Å²) in [6, 6.07) is 17.0. The van der Waals surface area contributed by atoms with Gasteiger partial charge in [-0.3, -0.25) is 13.9 Å². The van der Waals surface area contributed by atoms with Crippen molar-refractivity contribution in [3.8, 4) is 0 Å². The Kier molecular flexibility index (Phi) is 11.4. The van der Waals surface area contributed by atoms with Crippen LogP contribution < -0.4 is 9.62 Å². The molecule has 1 saturated carbocycles. The van der Waals surface area contributed by atoms with Crippen molar-refractivity contribution >= 4 is 62.3 Å². The zero-order valence-corrected chi connectivity index (χ0v) is 27.3. The van der Waals surface area contributed by atoms with Crippen molar-refractivity contribution in [3.63, 3.8) is 0 Å². The van der Waals surface area contributed by atoms with E-state index in [-0.39, 0.29) is 23.4 Å². The Morgan fingerprint density at radius 2 is 1.63 bits per heavy atom. The quantitative estimate of drug-likeness (QED) is 0.231. The molecule has 4 rings (SSSR count). The third kappa shape index (κ3) is 8.44. The molecular formula is C32H36Cl3N3O4S. The maximum absolute atomic E-state index is 14.3. The predicted octanol–water partition coefficient (Wildman–Crippen LogP) is 7.41. The lowest BCUT2D eigenvalue weighted by molar-refractivity contribution is -0.140. The van der Waals surface area contributed by atoms with Crippen molar-refractivity contribution in [1.82, 2.24) is 10.2 Å². The third-order valence-electron chi connectivity index (χ3n) is 7.64. The lowest BCUT2D eigenvalue weighted by Crippen LogP contribution is -2.54. The molecule has 0 heterocycles. The average Bonchev–Trinajstić information content (AvgIpc) is 2.98. The lowest BCUT2D eigenvalue weighted by atomic mass is 9.95. The van der Waals surface area contributed by atoms with Gasteiger partial charge in [0.1, 0.15) is 12.6 Å². The number of aryl methyl sites for hydroxylation is 1. The molecule has 0 aromatic heterocycles. The molecule has 3 aromatic carbocycles. The fraction of sp³-hybridized carbons (Fsp3) is 0.375. The van der Waals surface area contributed by atoms with Crippen molar-refractivity contribution < 1.29 is 18.0 Å². The summed E-state index contributed by atoms with van der Waals surface area (Å²) in [4.78, 5) is 29.3. The van der Waals surface area contributed by atoms with E-state index in [0.29, 0.717) is 32.7 Å². The Labute approximate surface area is 269 Å². The summed E-state index contributed by atoms with van der Waals surface area (Å²) in [6.45, 7) is 3.19. The highest BCUT2D eigenvalue weighted by Crippen LogP contribution is 2.28. The summed E-state index contributed by atoms with van der Waals surface area (Å²) in [5.41, 5.74) is 1.82. The van der Waals surface area contributed by atoms with Gasteiger partial charge in [-0.05, 0) is 85.8 Å². The molecule has 3 aromatic rings. The van der Waals surface area contributed by atoms with Crippen LogP contribution in [0.1, 0.15) is 56.6 Å². The number of halogens is 3. The number of sulfonamides is 1. The first-order valence-corrected chi connectivity index (χ1v) is 17.0. The summed E-state index contributed by atoms with van der Waals surface area (Å²) in [7, 11) is -4.19. The minimum atomic E-state index is -4.19. The van der Waals surface area contributed by atoms with E-state index in [9.17, 15) is 18.0 Å². The van der Waals surface area contributed by atoms with Gasteiger partial charge in [0.25, 0.3) is 10.0 Å². The summed E-state index contributed by atoms with van der Waals surface area (Å²) in [6.07, 6.45) is 5.35. The van der Waals surface area contributed by atoms with Crippen LogP contribution >= 0.6 is 34.8 Å². The minimum absolute atomic E-state index is 0.00989. The fourth-order valence-electron chi connectivity index (χ4n) is 5.34. The van der Waals surface area contributed by atoms with Gasteiger partial charge in [-0.1, -0.05) is 79.2 Å². The van der Waals surface area contributed by atoms with Crippen LogP contribution in [-0.4, -0.2) is 43.8 Å². The van der Waals surface area contributed by atoms with E-state index in [1.54, 1.807) is 36.4 Å². The Hall–Kier alpha value is -2.78. The van der Waals surface area contributed by atoms with Gasteiger partial charge in [0.05, 0.1) is 20.6 Å². The van der Waals surface area contributed by atoms with Crippen LogP contribution in [0.15, 0.2) is 71.6 Å². The summed E-state index contributed by atoms with van der Waals surface area (Å²) >= 11 is 18.5. The van der Waals surface area contributed by atoms with Gasteiger partial charge in [-0.2, -0.15) is 0 Å². The van der Waals surface area contributed by atoms with Crippen LogP contribution in [0, 0.1) is 6.92 Å². The number of nitrogens with zero attached hydrogens (tertiary/aromatic N) is 2. The number of rotatable bonds is 11. The maximum Gasteiger partial charge on any atom is 0.264 e. The van der Waals surface area contributed by atoms with E-state index in [0.717, 1.165) is 42.0 Å². The molecule has 43 heavy (non-hydrogen) atoms. The van der Waals surface area contributed by atoms with Crippen molar-refractivity contribution in [3.05, 3.63) is 92.9 Å². The molecule has 1 aliphatic rings. The fourth-order valence-corrected chi connectivity index (χ4v) is 7.20. The van der Waals surface area contributed by atoms with Crippen molar-refractivity contribution in [1.29, 1.82) is 0 Å². The molecule has 11 heteroatoms. The predicted molar refractivity (Wildman–Crippen MR) is 173 cm³/mol. The van der Waals surface area contributed by atoms with Gasteiger partial charge in [0.15, 0.2) is 0 Å². The Morgan fingerprint density at radius 3 is 2.26 bits per heavy atom. The average molecular weight is 665 g/mol. The van der Waals surface area contributed by atoms with Crippen LogP contribution in [0.25, 0.3) is 0 Å². The number of benzene rings is 3. The van der Waals surface area contributed by atoms with Gasteiger partial charge < -0.3 is 10.2 Å². The molecule has 1 atom stereocenters. The SMILES string of the molecule is CC[C@@H](C(=O)NC1CCCCC1)N(Cc1ccc(Cl)c(Cl)c1)C(=O)CN(c1cccc(C)c1)S(=O)(=O)c1ccc(Cl)cc1. The minimum Gasteiger partial charge on any atom is -0.352 e. The van der Waals surface area contributed by atoms with Gasteiger partial charge in [0, 0.05) is 17.6 Å². The van der Waals surface area contributed by atoms with Crippen molar-refractivity contribution in [2.45, 2.75) is 75.9 Å².